The second-order valence-electron chi connectivity index (χ2n) is 8.69. The topological polar surface area (TPSA) is 73.0 Å². The summed E-state index contributed by atoms with van der Waals surface area (Å²) in [6.07, 6.45) is 3.35. The van der Waals surface area contributed by atoms with Crippen molar-refractivity contribution in [2.45, 2.75) is 59.8 Å². The number of hydrogen-bond donors (Lipinski definition) is 1. The van der Waals surface area contributed by atoms with Crippen LogP contribution in [0, 0.1) is 13.8 Å². The summed E-state index contributed by atoms with van der Waals surface area (Å²) < 4.78 is 0. The van der Waals surface area contributed by atoms with E-state index in [0.29, 0.717) is 52.0 Å². The molecule has 32 heavy (non-hydrogen) atoms. The minimum Gasteiger partial charge on any atom is -0.343 e. The van der Waals surface area contributed by atoms with Crippen LogP contribution in [0.15, 0.2) is 18.2 Å². The van der Waals surface area contributed by atoms with E-state index in [1.165, 1.54) is 0 Å². The normalized spacial score (nSPS) is 14.3. The number of benzene rings is 1. The summed E-state index contributed by atoms with van der Waals surface area (Å²) in [5.41, 5.74) is 3.09. The molecule has 178 valence electrons. The highest BCUT2D eigenvalue weighted by atomic mass is 16.2. The number of carbonyl (C=O) groups excluding carboxylic acids is 3. The highest BCUT2D eigenvalue weighted by Crippen LogP contribution is 2.18. The molecule has 0 aromatic heterocycles. The summed E-state index contributed by atoms with van der Waals surface area (Å²) in [5, 5.41) is 3.00. The Balaban J connectivity index is 1.69. The van der Waals surface area contributed by atoms with Crippen molar-refractivity contribution in [1.29, 1.82) is 0 Å². The molecular weight excluding hydrogens is 404 g/mol. The maximum atomic E-state index is 12.5. The first-order valence-electron chi connectivity index (χ1n) is 12.0. The van der Waals surface area contributed by atoms with Gasteiger partial charge in [0, 0.05) is 57.8 Å². The van der Waals surface area contributed by atoms with E-state index in [-0.39, 0.29) is 17.7 Å². The van der Waals surface area contributed by atoms with Crippen LogP contribution < -0.4 is 5.32 Å². The van der Waals surface area contributed by atoms with E-state index in [1.807, 2.05) is 41.8 Å². The Labute approximate surface area is 193 Å². The molecule has 0 spiro atoms. The van der Waals surface area contributed by atoms with Crippen LogP contribution in [-0.4, -0.2) is 78.2 Å². The van der Waals surface area contributed by atoms with E-state index in [9.17, 15) is 14.4 Å². The van der Waals surface area contributed by atoms with Crippen molar-refractivity contribution in [3.05, 3.63) is 29.3 Å². The van der Waals surface area contributed by atoms with Gasteiger partial charge in [-0.25, -0.2) is 0 Å². The van der Waals surface area contributed by atoms with Gasteiger partial charge in [-0.3, -0.25) is 19.3 Å². The summed E-state index contributed by atoms with van der Waals surface area (Å²) in [7, 11) is 0. The molecule has 0 unspecified atom stereocenters. The van der Waals surface area contributed by atoms with Gasteiger partial charge in [0.1, 0.15) is 0 Å². The number of amides is 3. The smallest absolute Gasteiger partial charge is 0.238 e. The van der Waals surface area contributed by atoms with E-state index in [4.69, 9.17) is 0 Å². The monoisotopic (exact) mass is 444 g/mol. The molecule has 0 radical (unpaired) electrons. The second kappa shape index (κ2) is 13.2. The lowest BCUT2D eigenvalue weighted by Crippen LogP contribution is -2.50. The predicted octanol–water partition coefficient (Wildman–Crippen LogP) is 3.21. The molecule has 0 atom stereocenters. The average molecular weight is 445 g/mol. The van der Waals surface area contributed by atoms with Crippen molar-refractivity contribution < 1.29 is 14.4 Å². The van der Waals surface area contributed by atoms with Crippen LogP contribution in [0.25, 0.3) is 0 Å². The molecule has 0 bridgehead atoms. The number of anilines is 1. The lowest BCUT2D eigenvalue weighted by Gasteiger charge is -2.34. The summed E-state index contributed by atoms with van der Waals surface area (Å²) in [6, 6.07) is 5.90. The lowest BCUT2D eigenvalue weighted by atomic mass is 10.1. The minimum atomic E-state index is -0.0271. The zero-order valence-electron chi connectivity index (χ0n) is 20.3. The van der Waals surface area contributed by atoms with Crippen molar-refractivity contribution >= 4 is 23.4 Å². The number of carbonyl (C=O) groups is 3. The third-order valence-corrected chi connectivity index (χ3v) is 6.09. The first-order valence-corrected chi connectivity index (χ1v) is 12.0. The molecule has 7 nitrogen and oxygen atoms in total. The molecule has 1 aromatic carbocycles. The Morgan fingerprint density at radius 1 is 0.969 bits per heavy atom. The molecule has 0 saturated carbocycles. The number of aryl methyl sites for hydroxylation is 1. The molecule has 1 aromatic rings. The molecule has 1 aliphatic rings. The van der Waals surface area contributed by atoms with Gasteiger partial charge in [0.2, 0.25) is 17.7 Å². The fourth-order valence-corrected chi connectivity index (χ4v) is 4.04. The molecule has 2 rings (SSSR count). The molecule has 1 heterocycles. The van der Waals surface area contributed by atoms with Gasteiger partial charge in [0.15, 0.2) is 0 Å². The van der Waals surface area contributed by atoms with Gasteiger partial charge in [-0.05, 0) is 50.3 Å². The Kier molecular flexibility index (Phi) is 10.7. The molecule has 0 aliphatic carbocycles. The zero-order valence-corrected chi connectivity index (χ0v) is 20.3. The van der Waals surface area contributed by atoms with Gasteiger partial charge in [0.25, 0.3) is 0 Å². The highest BCUT2D eigenvalue weighted by molar-refractivity contribution is 5.93. The molecule has 1 aliphatic heterocycles. The van der Waals surface area contributed by atoms with Gasteiger partial charge in [-0.1, -0.05) is 26.0 Å². The van der Waals surface area contributed by atoms with Crippen LogP contribution in [0.2, 0.25) is 0 Å². The number of nitrogens with one attached hydrogen (secondary N) is 1. The first-order chi connectivity index (χ1) is 15.3. The summed E-state index contributed by atoms with van der Waals surface area (Å²) in [6.45, 7) is 12.7. The Morgan fingerprint density at radius 3 is 2.25 bits per heavy atom. The maximum Gasteiger partial charge on any atom is 0.238 e. The SMILES string of the molecule is CCCN(CCC)C(=O)CCCC(=O)N1CCN(CC(=O)Nc2cccc(C)c2C)CC1. The molecule has 1 N–H and O–H groups in total. The zero-order chi connectivity index (χ0) is 23.5. The molecule has 3 amide bonds. The van der Waals surface area contributed by atoms with E-state index in [0.717, 1.165) is 42.7 Å². The van der Waals surface area contributed by atoms with E-state index in [1.54, 1.807) is 0 Å². The lowest BCUT2D eigenvalue weighted by molar-refractivity contribution is -0.134. The quantitative estimate of drug-likeness (QED) is 0.569. The number of nitrogens with zero attached hydrogens (tertiary/aromatic N) is 3. The second-order valence-corrected chi connectivity index (χ2v) is 8.69. The van der Waals surface area contributed by atoms with Gasteiger partial charge in [0.05, 0.1) is 6.54 Å². The summed E-state index contributed by atoms with van der Waals surface area (Å²) >= 11 is 0. The van der Waals surface area contributed by atoms with Crippen molar-refractivity contribution in [2.24, 2.45) is 0 Å². The largest absolute Gasteiger partial charge is 0.343 e. The van der Waals surface area contributed by atoms with E-state index < -0.39 is 0 Å². The van der Waals surface area contributed by atoms with Crippen molar-refractivity contribution in [2.75, 3.05) is 51.1 Å². The number of hydrogen-bond acceptors (Lipinski definition) is 4. The molecular formula is C25H40N4O3. The van der Waals surface area contributed by atoms with Gasteiger partial charge >= 0.3 is 0 Å². The third-order valence-electron chi connectivity index (χ3n) is 6.09. The number of rotatable bonds is 11. The van der Waals surface area contributed by atoms with E-state index in [2.05, 4.69) is 24.1 Å². The molecule has 1 saturated heterocycles. The molecule has 1 fully saturated rings. The Hall–Kier alpha value is -2.41. The minimum absolute atomic E-state index is 0.0271. The van der Waals surface area contributed by atoms with Crippen molar-refractivity contribution in [3.8, 4) is 0 Å². The summed E-state index contributed by atoms with van der Waals surface area (Å²) in [5.74, 6) is 0.233. The van der Waals surface area contributed by atoms with Crippen LogP contribution in [0.1, 0.15) is 57.1 Å². The maximum absolute atomic E-state index is 12.5. The predicted molar refractivity (Wildman–Crippen MR) is 129 cm³/mol. The van der Waals surface area contributed by atoms with Gasteiger partial charge in [-0.15, -0.1) is 0 Å². The van der Waals surface area contributed by atoms with Crippen LogP contribution in [-0.2, 0) is 14.4 Å². The number of piperazine rings is 1. The van der Waals surface area contributed by atoms with Crippen LogP contribution in [0.3, 0.4) is 0 Å². The third kappa shape index (κ3) is 7.93. The van der Waals surface area contributed by atoms with E-state index >= 15 is 0 Å². The first kappa shape index (κ1) is 25.8. The van der Waals surface area contributed by atoms with Gasteiger partial charge in [-0.2, -0.15) is 0 Å². The standard InChI is InChI=1S/C25H40N4O3/c1-5-13-28(14-6-2)24(31)11-8-12-25(32)29-17-15-27(16-18-29)19-23(30)26-22-10-7-9-20(3)21(22)4/h7,9-10H,5-6,8,11-19H2,1-4H3,(H,26,30). The summed E-state index contributed by atoms with van der Waals surface area (Å²) in [4.78, 5) is 43.2. The fourth-order valence-electron chi connectivity index (χ4n) is 4.04. The van der Waals surface area contributed by atoms with Gasteiger partial charge < -0.3 is 15.1 Å². The fraction of sp³-hybridized carbons (Fsp3) is 0.640. The van der Waals surface area contributed by atoms with Crippen LogP contribution >= 0.6 is 0 Å². The van der Waals surface area contributed by atoms with Crippen molar-refractivity contribution in [1.82, 2.24) is 14.7 Å². The van der Waals surface area contributed by atoms with Crippen LogP contribution in [0.4, 0.5) is 5.69 Å². The Bertz CT molecular complexity index is 766. The molecule has 7 heteroatoms. The Morgan fingerprint density at radius 2 is 1.62 bits per heavy atom. The average Bonchev–Trinajstić information content (AvgIpc) is 2.77. The highest BCUT2D eigenvalue weighted by Gasteiger charge is 2.23. The van der Waals surface area contributed by atoms with Crippen molar-refractivity contribution in [3.63, 3.8) is 0 Å². The van der Waals surface area contributed by atoms with Crippen LogP contribution in [0.5, 0.6) is 0 Å².